The average molecular weight is 316 g/mol. The lowest BCUT2D eigenvalue weighted by Crippen LogP contribution is -2.11. The van der Waals surface area contributed by atoms with E-state index in [0.717, 1.165) is 15.6 Å². The Kier molecular flexibility index (Phi) is 3.86. The van der Waals surface area contributed by atoms with Gasteiger partial charge in [0.2, 0.25) is 0 Å². The number of benzene rings is 1. The van der Waals surface area contributed by atoms with Crippen LogP contribution in [0.4, 0.5) is 4.39 Å². The van der Waals surface area contributed by atoms with Gasteiger partial charge >= 0.3 is 0 Å². The normalized spacial score (nSPS) is 12.7. The molecule has 0 radical (unpaired) electrons. The fraction of sp³-hybridized carbons (Fsp3) is 0.273. The lowest BCUT2D eigenvalue weighted by atomic mass is 10.2. The van der Waals surface area contributed by atoms with Crippen molar-refractivity contribution in [3.05, 3.63) is 33.5 Å². The van der Waals surface area contributed by atoms with Crippen molar-refractivity contribution in [1.29, 1.82) is 0 Å². The van der Waals surface area contributed by atoms with Crippen molar-refractivity contribution in [1.82, 2.24) is 15.5 Å². The maximum Gasteiger partial charge on any atom is 0.147 e. The van der Waals surface area contributed by atoms with Gasteiger partial charge in [-0.3, -0.25) is 0 Å². The molecule has 17 heavy (non-hydrogen) atoms. The van der Waals surface area contributed by atoms with Crippen molar-refractivity contribution in [2.75, 3.05) is 7.05 Å². The van der Waals surface area contributed by atoms with Crippen LogP contribution in [0.15, 0.2) is 22.7 Å². The van der Waals surface area contributed by atoms with Gasteiger partial charge in [-0.1, -0.05) is 27.3 Å². The zero-order valence-corrected chi connectivity index (χ0v) is 11.8. The van der Waals surface area contributed by atoms with Crippen LogP contribution < -0.4 is 5.32 Å². The summed E-state index contributed by atoms with van der Waals surface area (Å²) in [7, 11) is 1.87. The van der Waals surface area contributed by atoms with E-state index < -0.39 is 0 Å². The Labute approximate surface area is 111 Å². The van der Waals surface area contributed by atoms with Crippen LogP contribution in [0.3, 0.4) is 0 Å². The molecule has 1 unspecified atom stereocenters. The molecule has 1 heterocycles. The Hall–Kier alpha value is -0.850. The second kappa shape index (κ2) is 5.20. The van der Waals surface area contributed by atoms with Gasteiger partial charge in [-0.15, -0.1) is 10.2 Å². The van der Waals surface area contributed by atoms with Crippen LogP contribution in [-0.2, 0) is 0 Å². The van der Waals surface area contributed by atoms with Crippen LogP contribution in [0, 0.1) is 5.82 Å². The zero-order valence-electron chi connectivity index (χ0n) is 9.37. The maximum atomic E-state index is 13.3. The maximum absolute atomic E-state index is 13.3. The van der Waals surface area contributed by atoms with Gasteiger partial charge in [-0.25, -0.2) is 4.39 Å². The summed E-state index contributed by atoms with van der Waals surface area (Å²) in [6.45, 7) is 2.01. The molecule has 6 heteroatoms. The molecule has 3 nitrogen and oxygen atoms in total. The first-order valence-corrected chi connectivity index (χ1v) is 6.68. The smallest absolute Gasteiger partial charge is 0.147 e. The molecule has 0 saturated heterocycles. The van der Waals surface area contributed by atoms with E-state index in [0.29, 0.717) is 4.47 Å². The SMILES string of the molecule is CNC(C)c1nnc(-c2cc(F)cc(Br)c2)s1. The monoisotopic (exact) mass is 315 g/mol. The summed E-state index contributed by atoms with van der Waals surface area (Å²) in [5.41, 5.74) is 0.740. The number of nitrogens with one attached hydrogen (secondary N) is 1. The van der Waals surface area contributed by atoms with Crippen molar-refractivity contribution in [2.24, 2.45) is 0 Å². The molecular formula is C11H11BrFN3S. The van der Waals surface area contributed by atoms with Crippen LogP contribution in [0.1, 0.15) is 18.0 Å². The molecular weight excluding hydrogens is 305 g/mol. The van der Waals surface area contributed by atoms with Crippen LogP contribution in [0.25, 0.3) is 10.6 Å². The second-order valence-electron chi connectivity index (χ2n) is 3.61. The van der Waals surface area contributed by atoms with E-state index in [9.17, 15) is 4.39 Å². The van der Waals surface area contributed by atoms with Gasteiger partial charge in [0.15, 0.2) is 0 Å². The molecule has 0 fully saturated rings. The van der Waals surface area contributed by atoms with E-state index in [1.807, 2.05) is 20.0 Å². The molecule has 1 aromatic carbocycles. The molecule has 0 saturated carbocycles. The van der Waals surface area contributed by atoms with Crippen molar-refractivity contribution < 1.29 is 4.39 Å². The summed E-state index contributed by atoms with van der Waals surface area (Å²) in [5, 5.41) is 12.9. The van der Waals surface area contributed by atoms with Crippen molar-refractivity contribution in [3.8, 4) is 10.6 Å². The van der Waals surface area contributed by atoms with E-state index in [1.165, 1.54) is 23.5 Å². The van der Waals surface area contributed by atoms with E-state index in [2.05, 4.69) is 31.4 Å². The molecule has 0 bridgehead atoms. The fourth-order valence-corrected chi connectivity index (χ4v) is 2.68. The first kappa shape index (κ1) is 12.6. The second-order valence-corrected chi connectivity index (χ2v) is 5.54. The molecule has 0 aliphatic rings. The molecule has 1 N–H and O–H groups in total. The molecule has 1 aromatic heterocycles. The van der Waals surface area contributed by atoms with Gasteiger partial charge in [-0.2, -0.15) is 0 Å². The Balaban J connectivity index is 2.36. The van der Waals surface area contributed by atoms with Crippen molar-refractivity contribution >= 4 is 27.3 Å². The van der Waals surface area contributed by atoms with Crippen molar-refractivity contribution in [3.63, 3.8) is 0 Å². The molecule has 0 aliphatic heterocycles. The summed E-state index contributed by atoms with van der Waals surface area (Å²) in [4.78, 5) is 0. The molecule has 2 rings (SSSR count). The van der Waals surface area contributed by atoms with Gasteiger partial charge in [0.25, 0.3) is 0 Å². The minimum atomic E-state index is -0.284. The van der Waals surface area contributed by atoms with Gasteiger partial charge in [0.1, 0.15) is 15.8 Å². The van der Waals surface area contributed by atoms with E-state index in [-0.39, 0.29) is 11.9 Å². The topological polar surface area (TPSA) is 37.8 Å². The standard InChI is InChI=1S/C11H11BrFN3S/c1-6(14-2)10-15-16-11(17-10)7-3-8(12)5-9(13)4-7/h3-6,14H,1-2H3. The minimum absolute atomic E-state index is 0.151. The minimum Gasteiger partial charge on any atom is -0.311 e. The Morgan fingerprint density at radius 1 is 1.35 bits per heavy atom. The summed E-state index contributed by atoms with van der Waals surface area (Å²) < 4.78 is 14.0. The fourth-order valence-electron chi connectivity index (χ4n) is 1.33. The largest absolute Gasteiger partial charge is 0.311 e. The predicted molar refractivity (Wildman–Crippen MR) is 70.5 cm³/mol. The summed E-state index contributed by atoms with van der Waals surface area (Å²) >= 11 is 4.73. The number of halogens is 2. The molecule has 90 valence electrons. The first-order chi connectivity index (χ1) is 8.10. The van der Waals surface area contributed by atoms with Gasteiger partial charge in [0.05, 0.1) is 6.04 Å². The van der Waals surface area contributed by atoms with E-state index in [4.69, 9.17) is 0 Å². The van der Waals surface area contributed by atoms with Gasteiger partial charge in [0, 0.05) is 10.0 Å². The highest BCUT2D eigenvalue weighted by molar-refractivity contribution is 9.10. The highest BCUT2D eigenvalue weighted by atomic mass is 79.9. The summed E-state index contributed by atoms with van der Waals surface area (Å²) in [6.07, 6.45) is 0. The number of aromatic nitrogens is 2. The highest BCUT2D eigenvalue weighted by Gasteiger charge is 2.12. The molecule has 1 atom stereocenters. The van der Waals surface area contributed by atoms with Crippen molar-refractivity contribution in [2.45, 2.75) is 13.0 Å². The molecule has 2 aromatic rings. The van der Waals surface area contributed by atoms with E-state index >= 15 is 0 Å². The molecule has 0 aliphatic carbocycles. The Bertz CT molecular complexity index is 509. The third-order valence-corrected chi connectivity index (χ3v) is 3.97. The average Bonchev–Trinajstić information content (AvgIpc) is 2.76. The first-order valence-electron chi connectivity index (χ1n) is 5.07. The van der Waals surface area contributed by atoms with E-state index in [1.54, 1.807) is 0 Å². The van der Waals surface area contributed by atoms with Crippen LogP contribution in [0.5, 0.6) is 0 Å². The van der Waals surface area contributed by atoms with Gasteiger partial charge < -0.3 is 5.32 Å². The molecule has 0 spiro atoms. The number of rotatable bonds is 3. The highest BCUT2D eigenvalue weighted by Crippen LogP contribution is 2.29. The zero-order chi connectivity index (χ0) is 12.4. The lowest BCUT2D eigenvalue weighted by Gasteiger charge is -2.03. The third-order valence-electron chi connectivity index (χ3n) is 2.35. The van der Waals surface area contributed by atoms with Gasteiger partial charge in [-0.05, 0) is 32.2 Å². The number of hydrogen-bond acceptors (Lipinski definition) is 4. The number of hydrogen-bond donors (Lipinski definition) is 1. The quantitative estimate of drug-likeness (QED) is 0.943. The molecule has 0 amide bonds. The van der Waals surface area contributed by atoms with Crippen LogP contribution in [-0.4, -0.2) is 17.2 Å². The lowest BCUT2D eigenvalue weighted by molar-refractivity contribution is 0.627. The van der Waals surface area contributed by atoms with Crippen LogP contribution >= 0.6 is 27.3 Å². The Morgan fingerprint density at radius 3 is 2.76 bits per heavy atom. The summed E-state index contributed by atoms with van der Waals surface area (Å²) in [6, 6.07) is 4.86. The Morgan fingerprint density at radius 2 is 2.12 bits per heavy atom. The number of nitrogens with zero attached hydrogens (tertiary/aromatic N) is 2. The predicted octanol–water partition coefficient (Wildman–Crippen LogP) is 3.39. The third kappa shape index (κ3) is 2.88. The van der Waals surface area contributed by atoms with Crippen LogP contribution in [0.2, 0.25) is 0 Å². The summed E-state index contributed by atoms with van der Waals surface area (Å²) in [5.74, 6) is -0.284.